The first kappa shape index (κ1) is 12.8. The summed E-state index contributed by atoms with van der Waals surface area (Å²) in [4.78, 5) is 0. The third-order valence-electron chi connectivity index (χ3n) is 3.66. The summed E-state index contributed by atoms with van der Waals surface area (Å²) in [6.07, 6.45) is 6.68. The van der Waals surface area contributed by atoms with Gasteiger partial charge in [-0.1, -0.05) is 39.3 Å². The van der Waals surface area contributed by atoms with E-state index in [-0.39, 0.29) is 0 Å². The van der Waals surface area contributed by atoms with Crippen molar-refractivity contribution in [2.45, 2.75) is 58.9 Å². The van der Waals surface area contributed by atoms with Gasteiger partial charge < -0.3 is 5.32 Å². The molecule has 0 spiro atoms. The molecule has 1 N–H and O–H groups in total. The molecule has 1 saturated carbocycles. The van der Waals surface area contributed by atoms with Crippen molar-refractivity contribution in [1.82, 2.24) is 5.32 Å². The molecule has 1 rings (SSSR count). The Labute approximate surface area is 95.3 Å². The minimum Gasteiger partial charge on any atom is -0.314 e. The highest BCUT2D eigenvalue weighted by Gasteiger charge is 2.26. The topological polar surface area (TPSA) is 12.0 Å². The summed E-state index contributed by atoms with van der Waals surface area (Å²) in [5, 5.41) is 3.58. The number of rotatable bonds is 6. The Hall–Kier alpha value is -0.300. The fourth-order valence-electron chi connectivity index (χ4n) is 2.55. The van der Waals surface area contributed by atoms with E-state index >= 15 is 0 Å². The molecular formula is C14H27N. The van der Waals surface area contributed by atoms with Gasteiger partial charge in [-0.15, -0.1) is 0 Å². The van der Waals surface area contributed by atoms with Crippen molar-refractivity contribution in [3.63, 3.8) is 0 Å². The van der Waals surface area contributed by atoms with Gasteiger partial charge >= 0.3 is 0 Å². The molecule has 0 aromatic heterocycles. The third-order valence-corrected chi connectivity index (χ3v) is 3.66. The van der Waals surface area contributed by atoms with E-state index in [1.165, 1.54) is 37.8 Å². The highest BCUT2D eigenvalue weighted by Crippen LogP contribution is 2.35. The SMILES string of the molecule is C=C(CC)CC1CCCC1CNC(C)C. The first-order chi connectivity index (χ1) is 7.13. The van der Waals surface area contributed by atoms with E-state index in [1.54, 1.807) is 0 Å². The molecule has 0 heterocycles. The Bertz CT molecular complexity index is 196. The summed E-state index contributed by atoms with van der Waals surface area (Å²) in [5.74, 6) is 1.80. The van der Waals surface area contributed by atoms with Crippen LogP contribution >= 0.6 is 0 Å². The van der Waals surface area contributed by atoms with Crippen LogP contribution in [0.4, 0.5) is 0 Å². The van der Waals surface area contributed by atoms with Gasteiger partial charge in [0.15, 0.2) is 0 Å². The van der Waals surface area contributed by atoms with Crippen molar-refractivity contribution in [2.24, 2.45) is 11.8 Å². The molecule has 0 aromatic carbocycles. The maximum absolute atomic E-state index is 4.15. The van der Waals surface area contributed by atoms with Crippen LogP contribution in [-0.4, -0.2) is 12.6 Å². The largest absolute Gasteiger partial charge is 0.314 e. The predicted molar refractivity (Wildman–Crippen MR) is 68.0 cm³/mol. The molecule has 0 aliphatic heterocycles. The summed E-state index contributed by atoms with van der Waals surface area (Å²) in [5.41, 5.74) is 1.44. The monoisotopic (exact) mass is 209 g/mol. The Morgan fingerprint density at radius 1 is 1.33 bits per heavy atom. The first-order valence-electron chi connectivity index (χ1n) is 6.53. The fraction of sp³-hybridized carbons (Fsp3) is 0.857. The average molecular weight is 209 g/mol. The number of hydrogen-bond donors (Lipinski definition) is 1. The van der Waals surface area contributed by atoms with E-state index in [2.05, 4.69) is 32.7 Å². The molecule has 1 nitrogen and oxygen atoms in total. The van der Waals surface area contributed by atoms with Crippen LogP contribution in [0.15, 0.2) is 12.2 Å². The normalized spacial score (nSPS) is 26.1. The predicted octanol–water partition coefficient (Wildman–Crippen LogP) is 3.76. The van der Waals surface area contributed by atoms with E-state index in [9.17, 15) is 0 Å². The Kier molecular flexibility index (Phi) is 5.38. The van der Waals surface area contributed by atoms with Gasteiger partial charge in [-0.3, -0.25) is 0 Å². The maximum atomic E-state index is 4.15. The van der Waals surface area contributed by atoms with Crippen molar-refractivity contribution < 1.29 is 0 Å². The van der Waals surface area contributed by atoms with E-state index in [0.29, 0.717) is 6.04 Å². The quantitative estimate of drug-likeness (QED) is 0.657. The molecule has 0 amide bonds. The number of hydrogen-bond acceptors (Lipinski definition) is 1. The van der Waals surface area contributed by atoms with E-state index in [1.807, 2.05) is 0 Å². The van der Waals surface area contributed by atoms with Crippen LogP contribution in [0.25, 0.3) is 0 Å². The molecule has 88 valence electrons. The molecule has 0 bridgehead atoms. The zero-order chi connectivity index (χ0) is 11.3. The van der Waals surface area contributed by atoms with Gasteiger partial charge in [-0.2, -0.15) is 0 Å². The molecular weight excluding hydrogens is 182 g/mol. The molecule has 0 aromatic rings. The Balaban J connectivity index is 2.32. The van der Waals surface area contributed by atoms with Crippen LogP contribution in [-0.2, 0) is 0 Å². The van der Waals surface area contributed by atoms with E-state index < -0.39 is 0 Å². The minimum atomic E-state index is 0.626. The molecule has 15 heavy (non-hydrogen) atoms. The average Bonchev–Trinajstić information content (AvgIpc) is 2.62. The highest BCUT2D eigenvalue weighted by atomic mass is 14.9. The lowest BCUT2D eigenvalue weighted by Crippen LogP contribution is -2.30. The van der Waals surface area contributed by atoms with Gasteiger partial charge in [0, 0.05) is 6.04 Å². The van der Waals surface area contributed by atoms with Crippen molar-refractivity contribution >= 4 is 0 Å². The van der Waals surface area contributed by atoms with Gasteiger partial charge in [0.05, 0.1) is 0 Å². The highest BCUT2D eigenvalue weighted by molar-refractivity contribution is 4.97. The Morgan fingerprint density at radius 3 is 2.60 bits per heavy atom. The minimum absolute atomic E-state index is 0.626. The number of allylic oxidation sites excluding steroid dienone is 1. The molecule has 2 atom stereocenters. The summed E-state index contributed by atoms with van der Waals surface area (Å²) in [7, 11) is 0. The second-order valence-corrected chi connectivity index (χ2v) is 5.32. The van der Waals surface area contributed by atoms with Gasteiger partial charge in [0.1, 0.15) is 0 Å². The second kappa shape index (κ2) is 6.32. The molecule has 2 unspecified atom stereocenters. The lowest BCUT2D eigenvalue weighted by atomic mass is 9.89. The summed E-state index contributed by atoms with van der Waals surface area (Å²) in [6.45, 7) is 12.0. The zero-order valence-electron chi connectivity index (χ0n) is 10.7. The maximum Gasteiger partial charge on any atom is 0.00104 e. The fourth-order valence-corrected chi connectivity index (χ4v) is 2.55. The van der Waals surface area contributed by atoms with E-state index in [4.69, 9.17) is 0 Å². The van der Waals surface area contributed by atoms with Gasteiger partial charge in [-0.05, 0) is 44.1 Å². The molecule has 1 aliphatic rings. The Morgan fingerprint density at radius 2 is 2.00 bits per heavy atom. The molecule has 1 fully saturated rings. The van der Waals surface area contributed by atoms with Crippen LogP contribution in [0, 0.1) is 11.8 Å². The van der Waals surface area contributed by atoms with Crippen molar-refractivity contribution in [2.75, 3.05) is 6.54 Å². The second-order valence-electron chi connectivity index (χ2n) is 5.32. The van der Waals surface area contributed by atoms with Gasteiger partial charge in [0.25, 0.3) is 0 Å². The van der Waals surface area contributed by atoms with Gasteiger partial charge in [0.2, 0.25) is 0 Å². The summed E-state index contributed by atoms with van der Waals surface area (Å²) >= 11 is 0. The standard InChI is InChI=1S/C14H27N/c1-5-12(4)9-13-7-6-8-14(13)10-15-11(2)3/h11,13-15H,4-10H2,1-3H3. The lowest BCUT2D eigenvalue weighted by molar-refractivity contribution is 0.352. The van der Waals surface area contributed by atoms with Crippen LogP contribution in [0.1, 0.15) is 52.9 Å². The molecule has 0 radical (unpaired) electrons. The van der Waals surface area contributed by atoms with Crippen LogP contribution < -0.4 is 5.32 Å². The zero-order valence-corrected chi connectivity index (χ0v) is 10.7. The van der Waals surface area contributed by atoms with Crippen LogP contribution in [0.5, 0.6) is 0 Å². The van der Waals surface area contributed by atoms with E-state index in [0.717, 1.165) is 18.3 Å². The van der Waals surface area contributed by atoms with Crippen LogP contribution in [0.2, 0.25) is 0 Å². The summed E-state index contributed by atoms with van der Waals surface area (Å²) < 4.78 is 0. The molecule has 1 heteroatoms. The summed E-state index contributed by atoms with van der Waals surface area (Å²) in [6, 6.07) is 0.626. The molecule has 1 aliphatic carbocycles. The lowest BCUT2D eigenvalue weighted by Gasteiger charge is -2.22. The van der Waals surface area contributed by atoms with Crippen LogP contribution in [0.3, 0.4) is 0 Å². The number of nitrogens with one attached hydrogen (secondary N) is 1. The van der Waals surface area contributed by atoms with Crippen molar-refractivity contribution in [3.05, 3.63) is 12.2 Å². The van der Waals surface area contributed by atoms with Crippen molar-refractivity contribution in [1.29, 1.82) is 0 Å². The van der Waals surface area contributed by atoms with Gasteiger partial charge in [-0.25, -0.2) is 0 Å². The first-order valence-corrected chi connectivity index (χ1v) is 6.53. The smallest absolute Gasteiger partial charge is 0.00104 e. The van der Waals surface area contributed by atoms with Crippen molar-refractivity contribution in [3.8, 4) is 0 Å². The molecule has 0 saturated heterocycles. The third kappa shape index (κ3) is 4.38.